The van der Waals surface area contributed by atoms with E-state index in [2.05, 4.69) is 5.32 Å². The van der Waals surface area contributed by atoms with Crippen molar-refractivity contribution >= 4 is 11.8 Å². The molecule has 0 radical (unpaired) electrons. The van der Waals surface area contributed by atoms with E-state index in [1.807, 2.05) is 25.1 Å². The lowest BCUT2D eigenvalue weighted by Crippen LogP contribution is -2.43. The van der Waals surface area contributed by atoms with Crippen LogP contribution < -0.4 is 24.3 Å². The summed E-state index contributed by atoms with van der Waals surface area (Å²) < 4.78 is 21.3. The van der Waals surface area contributed by atoms with E-state index in [0.29, 0.717) is 48.7 Å². The topological polar surface area (TPSA) is 86.3 Å². The van der Waals surface area contributed by atoms with Crippen LogP contribution in [-0.2, 0) is 4.79 Å². The second kappa shape index (κ2) is 9.38. The van der Waals surface area contributed by atoms with Crippen LogP contribution in [0.25, 0.3) is 0 Å². The highest BCUT2D eigenvalue weighted by atomic mass is 16.7. The molecule has 1 N–H and O–H groups in total. The lowest BCUT2D eigenvalue weighted by atomic mass is 9.94. The number of rotatable bonds is 6. The molecule has 2 amide bonds. The molecular weight excluding hydrogens is 412 g/mol. The standard InChI is InChI=1S/C24H28N2O6/c1-15(17-4-5-21-22(12-17)32-14-31-21)25-23(27)16-6-8-26(9-7-16)24(28)18-10-19(29-2)13-20(11-18)30-3/h4-5,10-13,15-16H,6-9,14H2,1-3H3,(H,25,27). The van der Waals surface area contributed by atoms with E-state index in [1.165, 1.54) is 0 Å². The van der Waals surface area contributed by atoms with Crippen LogP contribution in [-0.4, -0.2) is 50.8 Å². The molecule has 2 aliphatic heterocycles. The Kier molecular flexibility index (Phi) is 6.39. The number of likely N-dealkylation sites (tertiary alicyclic amines) is 1. The molecule has 0 bridgehead atoms. The average Bonchev–Trinajstić information content (AvgIpc) is 3.31. The largest absolute Gasteiger partial charge is 0.497 e. The Hall–Kier alpha value is -3.42. The van der Waals surface area contributed by atoms with Crippen molar-refractivity contribution in [1.82, 2.24) is 10.2 Å². The van der Waals surface area contributed by atoms with E-state index in [0.717, 1.165) is 11.3 Å². The number of nitrogens with zero attached hydrogens (tertiary/aromatic N) is 1. The number of fused-ring (bicyclic) bond motifs is 1. The summed E-state index contributed by atoms with van der Waals surface area (Å²) >= 11 is 0. The minimum Gasteiger partial charge on any atom is -0.497 e. The highest BCUT2D eigenvalue weighted by Crippen LogP contribution is 2.34. The van der Waals surface area contributed by atoms with Crippen LogP contribution >= 0.6 is 0 Å². The van der Waals surface area contributed by atoms with Gasteiger partial charge in [-0.1, -0.05) is 6.07 Å². The van der Waals surface area contributed by atoms with Crippen molar-refractivity contribution in [3.8, 4) is 23.0 Å². The molecule has 170 valence electrons. The van der Waals surface area contributed by atoms with Gasteiger partial charge >= 0.3 is 0 Å². The smallest absolute Gasteiger partial charge is 0.254 e. The Morgan fingerprint density at radius 3 is 2.31 bits per heavy atom. The number of piperidine rings is 1. The van der Waals surface area contributed by atoms with Crippen molar-refractivity contribution in [2.75, 3.05) is 34.1 Å². The van der Waals surface area contributed by atoms with Gasteiger partial charge in [0.15, 0.2) is 11.5 Å². The van der Waals surface area contributed by atoms with Crippen LogP contribution in [0.5, 0.6) is 23.0 Å². The molecule has 1 atom stereocenters. The van der Waals surface area contributed by atoms with E-state index in [9.17, 15) is 9.59 Å². The van der Waals surface area contributed by atoms with Gasteiger partial charge in [-0.05, 0) is 49.6 Å². The number of amides is 2. The molecule has 4 rings (SSSR count). The third-order valence-electron chi connectivity index (χ3n) is 6.01. The Morgan fingerprint density at radius 2 is 1.66 bits per heavy atom. The first-order valence-electron chi connectivity index (χ1n) is 10.7. The predicted molar refractivity (Wildman–Crippen MR) is 117 cm³/mol. The molecule has 1 unspecified atom stereocenters. The van der Waals surface area contributed by atoms with Gasteiger partial charge in [0.05, 0.1) is 20.3 Å². The van der Waals surface area contributed by atoms with Gasteiger partial charge in [-0.15, -0.1) is 0 Å². The fourth-order valence-corrected chi connectivity index (χ4v) is 4.06. The van der Waals surface area contributed by atoms with Gasteiger partial charge in [-0.25, -0.2) is 0 Å². The zero-order valence-electron chi connectivity index (χ0n) is 18.6. The van der Waals surface area contributed by atoms with Gasteiger partial charge in [0.2, 0.25) is 12.7 Å². The molecule has 32 heavy (non-hydrogen) atoms. The summed E-state index contributed by atoms with van der Waals surface area (Å²) in [7, 11) is 3.11. The fourth-order valence-electron chi connectivity index (χ4n) is 4.06. The first kappa shape index (κ1) is 21.8. The molecule has 2 aromatic rings. The highest BCUT2D eigenvalue weighted by molar-refractivity contribution is 5.95. The van der Waals surface area contributed by atoms with Crippen LogP contribution in [0.4, 0.5) is 0 Å². The molecular formula is C24H28N2O6. The van der Waals surface area contributed by atoms with Crippen LogP contribution in [0.3, 0.4) is 0 Å². The number of ether oxygens (including phenoxy) is 4. The second-order valence-electron chi connectivity index (χ2n) is 8.01. The number of hydrogen-bond acceptors (Lipinski definition) is 6. The first-order valence-corrected chi connectivity index (χ1v) is 10.7. The summed E-state index contributed by atoms with van der Waals surface area (Å²) in [5.74, 6) is 2.34. The number of benzene rings is 2. The molecule has 2 aliphatic rings. The third-order valence-corrected chi connectivity index (χ3v) is 6.01. The maximum absolute atomic E-state index is 13.0. The van der Waals surface area contributed by atoms with Crippen LogP contribution in [0.15, 0.2) is 36.4 Å². The van der Waals surface area contributed by atoms with Crippen LogP contribution in [0, 0.1) is 5.92 Å². The van der Waals surface area contributed by atoms with Gasteiger partial charge in [0.25, 0.3) is 5.91 Å². The Morgan fingerprint density at radius 1 is 1.00 bits per heavy atom. The van der Waals surface area contributed by atoms with Crippen molar-refractivity contribution in [2.45, 2.75) is 25.8 Å². The third kappa shape index (κ3) is 4.59. The minimum atomic E-state index is -0.152. The van der Waals surface area contributed by atoms with Crippen molar-refractivity contribution in [2.24, 2.45) is 5.92 Å². The summed E-state index contributed by atoms with van der Waals surface area (Å²) in [5, 5.41) is 3.09. The Balaban J connectivity index is 1.33. The summed E-state index contributed by atoms with van der Waals surface area (Å²) in [6.07, 6.45) is 1.24. The van der Waals surface area contributed by atoms with E-state index in [1.54, 1.807) is 37.3 Å². The Bertz CT molecular complexity index is 978. The minimum absolute atomic E-state index is 0.00492. The number of nitrogens with one attached hydrogen (secondary N) is 1. The molecule has 0 aliphatic carbocycles. The monoisotopic (exact) mass is 440 g/mol. The molecule has 1 saturated heterocycles. The van der Waals surface area contributed by atoms with Crippen molar-refractivity contribution in [3.05, 3.63) is 47.5 Å². The molecule has 2 aromatic carbocycles. The number of methoxy groups -OCH3 is 2. The van der Waals surface area contributed by atoms with Crippen molar-refractivity contribution < 1.29 is 28.5 Å². The lowest BCUT2D eigenvalue weighted by Gasteiger charge is -2.32. The normalized spacial score (nSPS) is 16.4. The highest BCUT2D eigenvalue weighted by Gasteiger charge is 2.29. The quantitative estimate of drug-likeness (QED) is 0.743. The summed E-state index contributed by atoms with van der Waals surface area (Å²) in [6.45, 7) is 3.22. The molecule has 0 aromatic heterocycles. The molecule has 8 heteroatoms. The molecule has 8 nitrogen and oxygen atoms in total. The fraction of sp³-hybridized carbons (Fsp3) is 0.417. The van der Waals surface area contributed by atoms with Crippen molar-refractivity contribution in [3.63, 3.8) is 0 Å². The molecule has 2 heterocycles. The van der Waals surface area contributed by atoms with Crippen LogP contribution in [0.1, 0.15) is 41.7 Å². The molecule has 0 spiro atoms. The maximum Gasteiger partial charge on any atom is 0.254 e. The maximum atomic E-state index is 13.0. The zero-order valence-corrected chi connectivity index (χ0v) is 18.6. The summed E-state index contributed by atoms with van der Waals surface area (Å²) in [4.78, 5) is 27.6. The van der Waals surface area contributed by atoms with Gasteiger partial charge < -0.3 is 29.2 Å². The average molecular weight is 440 g/mol. The number of carbonyl (C=O) groups is 2. The number of carbonyl (C=O) groups excluding carboxylic acids is 2. The van der Waals surface area contributed by atoms with E-state index >= 15 is 0 Å². The van der Waals surface area contributed by atoms with Crippen LogP contribution in [0.2, 0.25) is 0 Å². The number of hydrogen-bond donors (Lipinski definition) is 1. The van der Waals surface area contributed by atoms with E-state index in [4.69, 9.17) is 18.9 Å². The zero-order chi connectivity index (χ0) is 22.7. The summed E-state index contributed by atoms with van der Waals surface area (Å²) in [6, 6.07) is 10.7. The summed E-state index contributed by atoms with van der Waals surface area (Å²) in [5.41, 5.74) is 1.47. The van der Waals surface area contributed by atoms with Crippen molar-refractivity contribution in [1.29, 1.82) is 0 Å². The van der Waals surface area contributed by atoms with Gasteiger partial charge in [0.1, 0.15) is 11.5 Å². The van der Waals surface area contributed by atoms with Gasteiger partial charge in [-0.3, -0.25) is 9.59 Å². The van der Waals surface area contributed by atoms with E-state index < -0.39 is 0 Å². The molecule has 1 fully saturated rings. The lowest BCUT2D eigenvalue weighted by molar-refractivity contribution is -0.127. The Labute approximate surface area is 187 Å². The molecule has 0 saturated carbocycles. The second-order valence-corrected chi connectivity index (χ2v) is 8.01. The van der Waals surface area contributed by atoms with Gasteiger partial charge in [-0.2, -0.15) is 0 Å². The SMILES string of the molecule is COc1cc(OC)cc(C(=O)N2CCC(C(=O)NC(C)c3ccc4c(c3)OCO4)CC2)c1. The van der Waals surface area contributed by atoms with Gasteiger partial charge in [0, 0.05) is 30.6 Å². The first-order chi connectivity index (χ1) is 15.5. The predicted octanol–water partition coefficient (Wildman–Crippen LogP) is 3.16. The van der Waals surface area contributed by atoms with E-state index in [-0.39, 0.29) is 30.6 Å².